The number of benzene rings is 1. The highest BCUT2D eigenvalue weighted by molar-refractivity contribution is 6.32. The third kappa shape index (κ3) is 4.13. The first-order chi connectivity index (χ1) is 10.5. The van der Waals surface area contributed by atoms with E-state index in [0.717, 1.165) is 12.8 Å². The van der Waals surface area contributed by atoms with Crippen LogP contribution in [0.1, 0.15) is 26.2 Å². The lowest BCUT2D eigenvalue weighted by atomic mass is 9.92. The number of halogens is 1. The molecule has 1 fully saturated rings. The third-order valence-electron chi connectivity index (χ3n) is 4.01. The molecule has 2 rings (SSSR count). The molecule has 2 N–H and O–H groups in total. The maximum absolute atomic E-state index is 12.3. The highest BCUT2D eigenvalue weighted by Gasteiger charge is 2.31. The van der Waals surface area contributed by atoms with Gasteiger partial charge in [0.15, 0.2) is 0 Å². The fourth-order valence-corrected chi connectivity index (χ4v) is 2.83. The Balaban J connectivity index is 1.86. The molecule has 0 aromatic heterocycles. The molecule has 0 aliphatic carbocycles. The minimum absolute atomic E-state index is 0.0227. The van der Waals surface area contributed by atoms with E-state index in [1.54, 1.807) is 17.0 Å². The standard InChI is InChI=1S/C16H21ClN2O3/c1-11-6-7-12(16(18)21)10-19(11)15(20)8-9-22-14-5-3-2-4-13(14)17/h2-5,11-12H,6-10H2,1H3,(H2,18,21)/t11-,12-/m1/s1. The van der Waals surface area contributed by atoms with Crippen LogP contribution >= 0.6 is 11.6 Å². The van der Waals surface area contributed by atoms with Gasteiger partial charge in [-0.1, -0.05) is 23.7 Å². The number of piperidine rings is 1. The molecule has 1 aliphatic heterocycles. The van der Waals surface area contributed by atoms with E-state index < -0.39 is 0 Å². The van der Waals surface area contributed by atoms with Crippen LogP contribution in [0.4, 0.5) is 0 Å². The molecule has 1 aliphatic rings. The van der Waals surface area contributed by atoms with Crippen LogP contribution in [0.3, 0.4) is 0 Å². The molecule has 2 amide bonds. The highest BCUT2D eigenvalue weighted by atomic mass is 35.5. The van der Waals surface area contributed by atoms with Gasteiger partial charge in [-0.15, -0.1) is 0 Å². The topological polar surface area (TPSA) is 72.6 Å². The zero-order valence-electron chi connectivity index (χ0n) is 12.6. The quantitative estimate of drug-likeness (QED) is 0.902. The number of primary amides is 1. The first-order valence-electron chi connectivity index (χ1n) is 7.45. The van der Waals surface area contributed by atoms with Gasteiger partial charge >= 0.3 is 0 Å². The molecule has 0 bridgehead atoms. The van der Waals surface area contributed by atoms with Crippen molar-refractivity contribution in [1.82, 2.24) is 4.90 Å². The van der Waals surface area contributed by atoms with Crippen LogP contribution in [0.5, 0.6) is 5.75 Å². The summed E-state index contributed by atoms with van der Waals surface area (Å²) in [5, 5.41) is 0.523. The molecular weight excluding hydrogens is 304 g/mol. The maximum atomic E-state index is 12.3. The second-order valence-electron chi connectivity index (χ2n) is 5.60. The predicted octanol–water partition coefficient (Wildman–Crippen LogP) is 2.22. The van der Waals surface area contributed by atoms with Crippen molar-refractivity contribution in [2.24, 2.45) is 11.7 Å². The van der Waals surface area contributed by atoms with E-state index in [2.05, 4.69) is 0 Å². The van der Waals surface area contributed by atoms with Gasteiger partial charge in [-0.25, -0.2) is 0 Å². The Labute approximate surface area is 135 Å². The number of likely N-dealkylation sites (tertiary alicyclic amines) is 1. The number of para-hydroxylation sites is 1. The molecular formula is C16H21ClN2O3. The second kappa shape index (κ2) is 7.49. The summed E-state index contributed by atoms with van der Waals surface area (Å²) in [7, 11) is 0. The maximum Gasteiger partial charge on any atom is 0.226 e. The first-order valence-corrected chi connectivity index (χ1v) is 7.83. The first kappa shape index (κ1) is 16.6. The second-order valence-corrected chi connectivity index (χ2v) is 6.01. The summed E-state index contributed by atoms with van der Waals surface area (Å²) in [6.45, 7) is 2.65. The summed E-state index contributed by atoms with van der Waals surface area (Å²) in [5.74, 6) is -0.0363. The molecule has 0 saturated carbocycles. The molecule has 5 nitrogen and oxygen atoms in total. The van der Waals surface area contributed by atoms with E-state index in [9.17, 15) is 9.59 Å². The van der Waals surface area contributed by atoms with Crippen LogP contribution in [0.25, 0.3) is 0 Å². The lowest BCUT2D eigenvalue weighted by Gasteiger charge is -2.37. The molecule has 2 atom stereocenters. The Hall–Kier alpha value is -1.75. The smallest absolute Gasteiger partial charge is 0.226 e. The number of amides is 2. The van der Waals surface area contributed by atoms with Gasteiger partial charge in [-0.2, -0.15) is 0 Å². The fraction of sp³-hybridized carbons (Fsp3) is 0.500. The third-order valence-corrected chi connectivity index (χ3v) is 4.33. The summed E-state index contributed by atoms with van der Waals surface area (Å²) in [5.41, 5.74) is 5.35. The van der Waals surface area contributed by atoms with Gasteiger partial charge in [0.05, 0.1) is 24.0 Å². The Morgan fingerprint density at radius 1 is 1.36 bits per heavy atom. The van der Waals surface area contributed by atoms with Crippen molar-refractivity contribution in [1.29, 1.82) is 0 Å². The molecule has 6 heteroatoms. The van der Waals surface area contributed by atoms with E-state index in [4.69, 9.17) is 22.1 Å². The van der Waals surface area contributed by atoms with E-state index >= 15 is 0 Å². The lowest BCUT2D eigenvalue weighted by Crippen LogP contribution is -2.48. The Morgan fingerprint density at radius 3 is 2.77 bits per heavy atom. The monoisotopic (exact) mass is 324 g/mol. The van der Waals surface area contributed by atoms with Crippen LogP contribution in [0.15, 0.2) is 24.3 Å². The number of hydrogen-bond acceptors (Lipinski definition) is 3. The molecule has 0 radical (unpaired) electrons. The minimum Gasteiger partial charge on any atom is -0.491 e. The van der Waals surface area contributed by atoms with Crippen LogP contribution < -0.4 is 10.5 Å². The molecule has 0 spiro atoms. The summed E-state index contributed by atoms with van der Waals surface area (Å²) in [4.78, 5) is 25.4. The van der Waals surface area contributed by atoms with Crippen molar-refractivity contribution in [3.8, 4) is 5.75 Å². The van der Waals surface area contributed by atoms with E-state index in [0.29, 0.717) is 17.3 Å². The van der Waals surface area contributed by atoms with Crippen LogP contribution in [-0.2, 0) is 9.59 Å². The number of ether oxygens (including phenoxy) is 1. The summed E-state index contributed by atoms with van der Waals surface area (Å²) in [6, 6.07) is 7.28. The average molecular weight is 325 g/mol. The van der Waals surface area contributed by atoms with Gasteiger partial charge in [0.25, 0.3) is 0 Å². The van der Waals surface area contributed by atoms with Crippen LogP contribution in [0.2, 0.25) is 5.02 Å². The number of hydrogen-bond donors (Lipinski definition) is 1. The number of nitrogens with zero attached hydrogens (tertiary/aromatic N) is 1. The summed E-state index contributed by atoms with van der Waals surface area (Å²) in [6.07, 6.45) is 1.79. The molecule has 22 heavy (non-hydrogen) atoms. The molecule has 1 saturated heterocycles. The van der Waals surface area contributed by atoms with Crippen molar-refractivity contribution >= 4 is 23.4 Å². The lowest BCUT2D eigenvalue weighted by molar-refractivity contribution is -0.138. The zero-order chi connectivity index (χ0) is 16.1. The van der Waals surface area contributed by atoms with Crippen molar-refractivity contribution < 1.29 is 14.3 Å². The van der Waals surface area contributed by atoms with Gasteiger partial charge in [-0.05, 0) is 31.9 Å². The molecule has 0 unspecified atom stereocenters. The Morgan fingerprint density at radius 2 is 2.09 bits per heavy atom. The van der Waals surface area contributed by atoms with Crippen LogP contribution in [0, 0.1) is 5.92 Å². The van der Waals surface area contributed by atoms with Crippen molar-refractivity contribution in [3.05, 3.63) is 29.3 Å². The van der Waals surface area contributed by atoms with Crippen molar-refractivity contribution in [2.75, 3.05) is 13.2 Å². The average Bonchev–Trinajstić information content (AvgIpc) is 2.49. The van der Waals surface area contributed by atoms with Crippen LogP contribution in [-0.4, -0.2) is 35.9 Å². The fourth-order valence-electron chi connectivity index (χ4n) is 2.64. The molecule has 1 aromatic carbocycles. The Kier molecular flexibility index (Phi) is 5.66. The van der Waals surface area contributed by atoms with Gasteiger partial charge in [-0.3, -0.25) is 9.59 Å². The zero-order valence-corrected chi connectivity index (χ0v) is 13.4. The van der Waals surface area contributed by atoms with Crippen molar-refractivity contribution in [2.45, 2.75) is 32.2 Å². The number of carbonyl (C=O) groups is 2. The predicted molar refractivity (Wildman–Crippen MR) is 84.7 cm³/mol. The number of carbonyl (C=O) groups excluding carboxylic acids is 2. The molecule has 1 heterocycles. The van der Waals surface area contributed by atoms with E-state index in [1.165, 1.54) is 0 Å². The molecule has 120 valence electrons. The molecule has 1 aromatic rings. The summed E-state index contributed by atoms with van der Waals surface area (Å²) >= 11 is 5.99. The van der Waals surface area contributed by atoms with Gasteiger partial charge < -0.3 is 15.4 Å². The van der Waals surface area contributed by atoms with Gasteiger partial charge in [0.2, 0.25) is 11.8 Å². The summed E-state index contributed by atoms with van der Waals surface area (Å²) < 4.78 is 5.54. The number of nitrogens with two attached hydrogens (primary N) is 1. The number of rotatable bonds is 5. The van der Waals surface area contributed by atoms with Crippen molar-refractivity contribution in [3.63, 3.8) is 0 Å². The highest BCUT2D eigenvalue weighted by Crippen LogP contribution is 2.24. The largest absolute Gasteiger partial charge is 0.491 e. The van der Waals surface area contributed by atoms with Gasteiger partial charge in [0.1, 0.15) is 5.75 Å². The normalized spacial score (nSPS) is 21.5. The SMILES string of the molecule is C[C@@H]1CC[C@@H](C(N)=O)CN1C(=O)CCOc1ccccc1Cl. The van der Waals surface area contributed by atoms with Gasteiger partial charge in [0, 0.05) is 12.6 Å². The van der Waals surface area contributed by atoms with E-state index in [1.807, 2.05) is 19.1 Å². The minimum atomic E-state index is -0.336. The Bertz CT molecular complexity index is 550. The van der Waals surface area contributed by atoms with E-state index in [-0.39, 0.29) is 36.8 Å².